The number of nitrogens with two attached hydrogens (primary N) is 1. The Balaban J connectivity index is 2.68. The van der Waals surface area contributed by atoms with E-state index in [-0.39, 0.29) is 17.9 Å². The van der Waals surface area contributed by atoms with Crippen LogP contribution >= 0.6 is 0 Å². The Morgan fingerprint density at radius 2 is 1.94 bits per heavy atom. The van der Waals surface area contributed by atoms with E-state index in [1.165, 1.54) is 5.56 Å². The van der Waals surface area contributed by atoms with E-state index in [0.717, 1.165) is 12.0 Å². The fraction of sp³-hybridized carbons (Fsp3) is 0.533. The second-order valence-electron chi connectivity index (χ2n) is 5.00. The molecule has 0 saturated heterocycles. The van der Waals surface area contributed by atoms with Gasteiger partial charge in [-0.05, 0) is 30.9 Å². The highest BCUT2D eigenvalue weighted by Crippen LogP contribution is 2.17. The number of amides is 1. The molecule has 18 heavy (non-hydrogen) atoms. The second kappa shape index (κ2) is 6.55. The molecule has 0 spiro atoms. The fourth-order valence-corrected chi connectivity index (χ4v) is 1.97. The molecule has 0 aliphatic rings. The van der Waals surface area contributed by atoms with Crippen LogP contribution in [0.3, 0.4) is 0 Å². The Morgan fingerprint density at radius 1 is 1.33 bits per heavy atom. The van der Waals surface area contributed by atoms with E-state index in [1.807, 2.05) is 52.0 Å². The molecular weight excluding hydrogens is 224 g/mol. The van der Waals surface area contributed by atoms with E-state index in [9.17, 15) is 4.79 Å². The van der Waals surface area contributed by atoms with Gasteiger partial charge in [-0.3, -0.25) is 4.79 Å². The molecule has 1 aromatic carbocycles. The first-order valence-corrected chi connectivity index (χ1v) is 6.58. The summed E-state index contributed by atoms with van der Waals surface area (Å²) in [6.45, 7) is 8.08. The standard InChI is InChI=1S/C15H24N2O/c1-5-10(2)14(16)15(18)17-12(4)13-9-7-6-8-11(13)3/h6-10,12,14H,5,16H2,1-4H3,(H,17,18)/t10?,12-,14?/m0/s1. The lowest BCUT2D eigenvalue weighted by Crippen LogP contribution is -2.45. The van der Waals surface area contributed by atoms with Gasteiger partial charge in [0.25, 0.3) is 0 Å². The number of benzene rings is 1. The number of aryl methyl sites for hydroxylation is 1. The predicted octanol–water partition coefficient (Wildman–Crippen LogP) is 2.55. The van der Waals surface area contributed by atoms with Gasteiger partial charge in [-0.2, -0.15) is 0 Å². The van der Waals surface area contributed by atoms with Crippen LogP contribution in [-0.2, 0) is 4.79 Å². The summed E-state index contributed by atoms with van der Waals surface area (Å²) in [7, 11) is 0. The molecule has 1 aromatic rings. The zero-order chi connectivity index (χ0) is 13.7. The molecule has 3 nitrogen and oxygen atoms in total. The molecule has 3 heteroatoms. The van der Waals surface area contributed by atoms with E-state index in [0.29, 0.717) is 0 Å². The van der Waals surface area contributed by atoms with Crippen molar-refractivity contribution in [3.05, 3.63) is 35.4 Å². The molecule has 0 aliphatic carbocycles. The minimum Gasteiger partial charge on any atom is -0.348 e. The third kappa shape index (κ3) is 3.57. The van der Waals surface area contributed by atoms with Crippen LogP contribution in [0.4, 0.5) is 0 Å². The lowest BCUT2D eigenvalue weighted by Gasteiger charge is -2.22. The molecule has 0 saturated carbocycles. The average molecular weight is 248 g/mol. The molecule has 3 atom stereocenters. The van der Waals surface area contributed by atoms with Gasteiger partial charge >= 0.3 is 0 Å². The predicted molar refractivity (Wildman–Crippen MR) is 75.2 cm³/mol. The van der Waals surface area contributed by atoms with E-state index < -0.39 is 6.04 Å². The van der Waals surface area contributed by atoms with Crippen LogP contribution in [-0.4, -0.2) is 11.9 Å². The molecule has 3 N–H and O–H groups in total. The van der Waals surface area contributed by atoms with Crippen molar-refractivity contribution >= 4 is 5.91 Å². The maximum atomic E-state index is 12.0. The van der Waals surface area contributed by atoms with E-state index in [1.54, 1.807) is 0 Å². The van der Waals surface area contributed by atoms with Crippen molar-refractivity contribution in [2.24, 2.45) is 11.7 Å². The zero-order valence-electron chi connectivity index (χ0n) is 11.7. The monoisotopic (exact) mass is 248 g/mol. The number of carbonyl (C=O) groups is 1. The van der Waals surface area contributed by atoms with Gasteiger partial charge in [-0.25, -0.2) is 0 Å². The molecule has 0 aromatic heterocycles. The van der Waals surface area contributed by atoms with Crippen molar-refractivity contribution in [2.45, 2.75) is 46.2 Å². The second-order valence-corrected chi connectivity index (χ2v) is 5.00. The van der Waals surface area contributed by atoms with Crippen molar-refractivity contribution < 1.29 is 4.79 Å². The first kappa shape index (κ1) is 14.7. The molecular formula is C15H24N2O. The summed E-state index contributed by atoms with van der Waals surface area (Å²) in [5, 5.41) is 2.99. The highest BCUT2D eigenvalue weighted by Gasteiger charge is 2.21. The Bertz CT molecular complexity index is 403. The zero-order valence-corrected chi connectivity index (χ0v) is 11.7. The van der Waals surface area contributed by atoms with Gasteiger partial charge in [0.1, 0.15) is 0 Å². The third-order valence-electron chi connectivity index (χ3n) is 3.57. The highest BCUT2D eigenvalue weighted by molar-refractivity contribution is 5.82. The van der Waals surface area contributed by atoms with Gasteiger partial charge in [0.15, 0.2) is 0 Å². The molecule has 1 rings (SSSR count). The molecule has 0 radical (unpaired) electrons. The highest BCUT2D eigenvalue weighted by atomic mass is 16.2. The maximum Gasteiger partial charge on any atom is 0.237 e. The van der Waals surface area contributed by atoms with Crippen LogP contribution in [0.2, 0.25) is 0 Å². The molecule has 2 unspecified atom stereocenters. The van der Waals surface area contributed by atoms with Gasteiger partial charge in [-0.15, -0.1) is 0 Å². The SMILES string of the molecule is CCC(C)C(N)C(=O)N[C@@H](C)c1ccccc1C. The average Bonchev–Trinajstić information content (AvgIpc) is 2.37. The summed E-state index contributed by atoms with van der Waals surface area (Å²) < 4.78 is 0. The number of hydrogen-bond donors (Lipinski definition) is 2. The minimum atomic E-state index is -0.429. The van der Waals surface area contributed by atoms with Gasteiger partial charge in [0, 0.05) is 0 Å². The van der Waals surface area contributed by atoms with Crippen molar-refractivity contribution in [2.75, 3.05) is 0 Å². The number of rotatable bonds is 5. The van der Waals surface area contributed by atoms with Crippen molar-refractivity contribution in [1.29, 1.82) is 0 Å². The first-order chi connectivity index (χ1) is 8.47. The summed E-state index contributed by atoms with van der Waals surface area (Å²) in [5.74, 6) is 0.133. The van der Waals surface area contributed by atoms with Gasteiger partial charge < -0.3 is 11.1 Å². The summed E-state index contributed by atoms with van der Waals surface area (Å²) in [6.07, 6.45) is 0.910. The van der Waals surface area contributed by atoms with Crippen molar-refractivity contribution in [3.63, 3.8) is 0 Å². The molecule has 1 amide bonds. The van der Waals surface area contributed by atoms with E-state index in [2.05, 4.69) is 5.32 Å². The van der Waals surface area contributed by atoms with E-state index >= 15 is 0 Å². The Hall–Kier alpha value is -1.35. The number of hydrogen-bond acceptors (Lipinski definition) is 2. The molecule has 0 heterocycles. The maximum absolute atomic E-state index is 12.0. The Labute approximate surface area is 110 Å². The lowest BCUT2D eigenvalue weighted by atomic mass is 9.98. The largest absolute Gasteiger partial charge is 0.348 e. The first-order valence-electron chi connectivity index (χ1n) is 6.58. The minimum absolute atomic E-state index is 0.00574. The molecule has 0 aliphatic heterocycles. The normalized spacial score (nSPS) is 15.8. The Kier molecular flexibility index (Phi) is 5.35. The number of nitrogens with one attached hydrogen (secondary N) is 1. The van der Waals surface area contributed by atoms with Gasteiger partial charge in [-0.1, -0.05) is 44.5 Å². The molecule has 0 bridgehead atoms. The van der Waals surface area contributed by atoms with Crippen LogP contribution in [0.1, 0.15) is 44.4 Å². The summed E-state index contributed by atoms with van der Waals surface area (Å²) >= 11 is 0. The summed E-state index contributed by atoms with van der Waals surface area (Å²) in [5.41, 5.74) is 8.25. The molecule has 0 fully saturated rings. The van der Waals surface area contributed by atoms with Crippen LogP contribution in [0, 0.1) is 12.8 Å². The summed E-state index contributed by atoms with van der Waals surface area (Å²) in [6, 6.07) is 7.63. The number of carbonyl (C=O) groups excluding carboxylic acids is 1. The van der Waals surface area contributed by atoms with Crippen molar-refractivity contribution in [1.82, 2.24) is 5.32 Å². The lowest BCUT2D eigenvalue weighted by molar-refractivity contribution is -0.124. The topological polar surface area (TPSA) is 55.1 Å². The van der Waals surface area contributed by atoms with Crippen molar-refractivity contribution in [3.8, 4) is 0 Å². The third-order valence-corrected chi connectivity index (χ3v) is 3.57. The smallest absolute Gasteiger partial charge is 0.237 e. The van der Waals surface area contributed by atoms with Crippen LogP contribution in [0.25, 0.3) is 0 Å². The fourth-order valence-electron chi connectivity index (χ4n) is 1.97. The van der Waals surface area contributed by atoms with Gasteiger partial charge in [0.2, 0.25) is 5.91 Å². The Morgan fingerprint density at radius 3 is 2.50 bits per heavy atom. The quantitative estimate of drug-likeness (QED) is 0.841. The van der Waals surface area contributed by atoms with Crippen LogP contribution in [0.5, 0.6) is 0 Å². The van der Waals surface area contributed by atoms with Crippen LogP contribution in [0.15, 0.2) is 24.3 Å². The summed E-state index contributed by atoms with van der Waals surface area (Å²) in [4.78, 5) is 12.0. The van der Waals surface area contributed by atoms with Crippen LogP contribution < -0.4 is 11.1 Å². The van der Waals surface area contributed by atoms with E-state index in [4.69, 9.17) is 5.73 Å². The molecule has 100 valence electrons. The van der Waals surface area contributed by atoms with Gasteiger partial charge in [0.05, 0.1) is 12.1 Å².